The molecule has 2 amide bonds. The quantitative estimate of drug-likeness (QED) is 0.533. The number of nitrogens with one attached hydrogen (secondary N) is 3. The minimum absolute atomic E-state index is 0.00110. The molecular formula is C23H24ClF3N4O2. The monoisotopic (exact) mass is 480 g/mol. The van der Waals surface area contributed by atoms with E-state index in [0.29, 0.717) is 35.8 Å². The minimum atomic E-state index is -4.58. The zero-order chi connectivity index (χ0) is 23.8. The molecule has 1 saturated carbocycles. The van der Waals surface area contributed by atoms with Gasteiger partial charge in [0.05, 0.1) is 11.1 Å². The van der Waals surface area contributed by atoms with E-state index in [9.17, 15) is 22.8 Å². The van der Waals surface area contributed by atoms with E-state index < -0.39 is 23.9 Å². The molecule has 0 radical (unpaired) electrons. The number of amides is 2. The molecule has 1 aromatic carbocycles. The fourth-order valence-electron chi connectivity index (χ4n) is 4.71. The molecule has 33 heavy (non-hydrogen) atoms. The number of fused-ring (bicyclic) bond motifs is 2. The van der Waals surface area contributed by atoms with Gasteiger partial charge in [0.1, 0.15) is 12.2 Å². The minimum Gasteiger partial charge on any atom is -0.368 e. The first-order valence-electron chi connectivity index (χ1n) is 10.7. The average Bonchev–Trinajstić information content (AvgIpc) is 2.99. The second-order valence-electron chi connectivity index (χ2n) is 8.74. The summed E-state index contributed by atoms with van der Waals surface area (Å²) < 4.78 is 37.6. The summed E-state index contributed by atoms with van der Waals surface area (Å²) in [7, 11) is 0. The number of anilines is 3. The molecular weight excluding hydrogens is 457 g/mol. The standard InChI is InChI=1S/C23H24ClF3N4O2/c1-13-6-9-28-20(19(13)31-18(32)11-23(25,26)27)29-12-14-4-7-22(8-5-14)16-10-15(24)2-3-17(16)30-21(22)33/h2-3,6,9-10,14H,4-5,7-8,11-12H2,1H3,(H,28,29)(H,30,33)(H,31,32). The number of pyridine rings is 1. The van der Waals surface area contributed by atoms with Crippen molar-refractivity contribution in [1.82, 2.24) is 4.98 Å². The number of alkyl halides is 3. The van der Waals surface area contributed by atoms with Crippen LogP contribution in [0.1, 0.15) is 43.2 Å². The fourth-order valence-corrected chi connectivity index (χ4v) is 4.89. The molecule has 4 rings (SSSR count). The largest absolute Gasteiger partial charge is 0.397 e. The van der Waals surface area contributed by atoms with Crippen LogP contribution >= 0.6 is 11.6 Å². The molecule has 2 aromatic rings. The highest BCUT2D eigenvalue weighted by Gasteiger charge is 2.48. The number of hydrogen-bond donors (Lipinski definition) is 3. The maximum absolute atomic E-state index is 12.8. The van der Waals surface area contributed by atoms with Crippen molar-refractivity contribution < 1.29 is 22.8 Å². The second kappa shape index (κ2) is 8.85. The van der Waals surface area contributed by atoms with Crippen molar-refractivity contribution in [3.05, 3.63) is 46.6 Å². The predicted octanol–water partition coefficient (Wildman–Crippen LogP) is 5.43. The lowest BCUT2D eigenvalue weighted by molar-refractivity contribution is -0.150. The summed E-state index contributed by atoms with van der Waals surface area (Å²) >= 11 is 6.17. The number of carbonyl (C=O) groups excluding carboxylic acids is 2. The van der Waals surface area contributed by atoms with Gasteiger partial charge in [-0.15, -0.1) is 0 Å². The molecule has 0 atom stereocenters. The molecule has 176 valence electrons. The molecule has 10 heteroatoms. The van der Waals surface area contributed by atoms with Crippen LogP contribution in [-0.4, -0.2) is 29.5 Å². The number of hydrogen-bond acceptors (Lipinski definition) is 4. The van der Waals surface area contributed by atoms with Gasteiger partial charge in [-0.1, -0.05) is 11.6 Å². The lowest BCUT2D eigenvalue weighted by Gasteiger charge is -2.36. The first-order chi connectivity index (χ1) is 15.6. The second-order valence-corrected chi connectivity index (χ2v) is 9.18. The van der Waals surface area contributed by atoms with Crippen molar-refractivity contribution in [2.45, 2.75) is 50.6 Å². The highest BCUT2D eigenvalue weighted by atomic mass is 35.5. The summed E-state index contributed by atoms with van der Waals surface area (Å²) in [5.74, 6) is -0.554. The Labute approximate surface area is 194 Å². The lowest BCUT2D eigenvalue weighted by Crippen LogP contribution is -2.39. The van der Waals surface area contributed by atoms with Gasteiger partial charge in [0.25, 0.3) is 0 Å². The smallest absolute Gasteiger partial charge is 0.368 e. The Balaban J connectivity index is 1.40. The molecule has 2 heterocycles. The van der Waals surface area contributed by atoms with Gasteiger partial charge < -0.3 is 16.0 Å². The van der Waals surface area contributed by atoms with Crippen molar-refractivity contribution in [1.29, 1.82) is 0 Å². The highest BCUT2D eigenvalue weighted by molar-refractivity contribution is 6.31. The molecule has 1 aliphatic carbocycles. The van der Waals surface area contributed by atoms with Crippen LogP contribution in [0.15, 0.2) is 30.5 Å². The van der Waals surface area contributed by atoms with E-state index in [2.05, 4.69) is 20.9 Å². The number of benzene rings is 1. The van der Waals surface area contributed by atoms with Crippen molar-refractivity contribution in [2.24, 2.45) is 5.92 Å². The van der Waals surface area contributed by atoms with Gasteiger partial charge in [-0.2, -0.15) is 13.2 Å². The Kier molecular flexibility index (Phi) is 6.26. The van der Waals surface area contributed by atoms with Gasteiger partial charge in [0.2, 0.25) is 11.8 Å². The van der Waals surface area contributed by atoms with E-state index in [1.54, 1.807) is 19.1 Å². The van der Waals surface area contributed by atoms with E-state index in [4.69, 9.17) is 11.6 Å². The van der Waals surface area contributed by atoms with E-state index in [-0.39, 0.29) is 17.5 Å². The molecule has 1 aromatic heterocycles. The Morgan fingerprint density at radius 1 is 1.27 bits per heavy atom. The highest BCUT2D eigenvalue weighted by Crippen LogP contribution is 2.49. The topological polar surface area (TPSA) is 83.1 Å². The molecule has 0 bridgehead atoms. The fraction of sp³-hybridized carbons (Fsp3) is 0.435. The molecule has 1 aliphatic heterocycles. The van der Waals surface area contributed by atoms with Crippen LogP contribution in [0.3, 0.4) is 0 Å². The Morgan fingerprint density at radius 3 is 2.70 bits per heavy atom. The number of nitrogens with zero attached hydrogens (tertiary/aromatic N) is 1. The van der Waals surface area contributed by atoms with Crippen LogP contribution in [0.25, 0.3) is 0 Å². The summed E-state index contributed by atoms with van der Waals surface area (Å²) in [6.07, 6.45) is -1.68. The SMILES string of the molecule is Cc1ccnc(NCC2CCC3(CC2)C(=O)Nc2ccc(Cl)cc23)c1NC(=O)CC(F)(F)F. The predicted molar refractivity (Wildman–Crippen MR) is 120 cm³/mol. The number of aryl methyl sites for hydroxylation is 1. The Morgan fingerprint density at radius 2 is 2.00 bits per heavy atom. The zero-order valence-electron chi connectivity index (χ0n) is 18.0. The van der Waals surface area contributed by atoms with Crippen LogP contribution in [0.2, 0.25) is 5.02 Å². The van der Waals surface area contributed by atoms with Gasteiger partial charge in [-0.05, 0) is 73.9 Å². The summed E-state index contributed by atoms with van der Waals surface area (Å²) in [5.41, 5.74) is 2.04. The van der Waals surface area contributed by atoms with E-state index in [1.165, 1.54) is 6.20 Å². The molecule has 0 saturated heterocycles. The molecule has 0 unspecified atom stereocenters. The van der Waals surface area contributed by atoms with Gasteiger partial charge in [0.15, 0.2) is 0 Å². The number of carbonyl (C=O) groups is 2. The lowest BCUT2D eigenvalue weighted by atomic mass is 9.67. The van der Waals surface area contributed by atoms with Gasteiger partial charge in [-0.3, -0.25) is 9.59 Å². The van der Waals surface area contributed by atoms with Crippen LogP contribution in [0, 0.1) is 12.8 Å². The van der Waals surface area contributed by atoms with E-state index in [1.807, 2.05) is 12.1 Å². The molecule has 2 aliphatic rings. The normalized spacial score (nSPS) is 22.1. The van der Waals surface area contributed by atoms with Crippen LogP contribution in [0.5, 0.6) is 0 Å². The van der Waals surface area contributed by atoms with Gasteiger partial charge in [0, 0.05) is 23.5 Å². The summed E-state index contributed by atoms with van der Waals surface area (Å²) in [6.45, 7) is 2.22. The third-order valence-electron chi connectivity index (χ3n) is 6.48. The third kappa shape index (κ3) is 4.93. The third-order valence-corrected chi connectivity index (χ3v) is 6.72. The summed E-state index contributed by atoms with van der Waals surface area (Å²) in [4.78, 5) is 28.8. The van der Waals surface area contributed by atoms with Crippen molar-refractivity contribution in [3.8, 4) is 0 Å². The zero-order valence-corrected chi connectivity index (χ0v) is 18.7. The van der Waals surface area contributed by atoms with Gasteiger partial charge in [-0.25, -0.2) is 4.98 Å². The Hall–Kier alpha value is -2.81. The molecule has 1 spiro atoms. The van der Waals surface area contributed by atoms with Crippen molar-refractivity contribution in [2.75, 3.05) is 22.5 Å². The van der Waals surface area contributed by atoms with Crippen LogP contribution in [0.4, 0.5) is 30.4 Å². The van der Waals surface area contributed by atoms with E-state index in [0.717, 1.165) is 24.1 Å². The Bertz CT molecular complexity index is 1080. The maximum Gasteiger partial charge on any atom is 0.397 e. The molecule has 3 N–H and O–H groups in total. The van der Waals surface area contributed by atoms with Crippen LogP contribution in [-0.2, 0) is 15.0 Å². The average molecular weight is 481 g/mol. The summed E-state index contributed by atoms with van der Waals surface area (Å²) in [6, 6.07) is 7.07. The van der Waals surface area contributed by atoms with Gasteiger partial charge >= 0.3 is 6.18 Å². The molecule has 6 nitrogen and oxygen atoms in total. The number of halogens is 4. The summed E-state index contributed by atoms with van der Waals surface area (Å²) in [5, 5.41) is 9.08. The number of aromatic nitrogens is 1. The first kappa shape index (κ1) is 23.4. The first-order valence-corrected chi connectivity index (χ1v) is 11.1. The molecule has 1 fully saturated rings. The number of rotatable bonds is 5. The van der Waals surface area contributed by atoms with Crippen molar-refractivity contribution >= 4 is 40.6 Å². The maximum atomic E-state index is 12.8. The van der Waals surface area contributed by atoms with Crippen LogP contribution < -0.4 is 16.0 Å². The van der Waals surface area contributed by atoms with E-state index >= 15 is 0 Å². The van der Waals surface area contributed by atoms with Crippen molar-refractivity contribution in [3.63, 3.8) is 0 Å².